The molecule has 0 fully saturated rings. The minimum atomic E-state index is -1.15. The molecule has 6 heteroatoms. The van der Waals surface area contributed by atoms with Gasteiger partial charge >= 0.3 is 5.97 Å². The topological polar surface area (TPSA) is 85.2 Å². The van der Waals surface area contributed by atoms with Crippen LogP contribution in [0.5, 0.6) is 17.2 Å². The maximum absolute atomic E-state index is 11.3. The van der Waals surface area contributed by atoms with Crippen LogP contribution >= 0.6 is 0 Å². The van der Waals surface area contributed by atoms with Crippen LogP contribution in [0.3, 0.4) is 0 Å². The van der Waals surface area contributed by atoms with Crippen LogP contribution in [0.4, 0.5) is 0 Å². The lowest BCUT2D eigenvalue weighted by atomic mass is 9.77. The average molecular weight is 437 g/mol. The number of phenols is 1. The van der Waals surface area contributed by atoms with Gasteiger partial charge in [-0.2, -0.15) is 0 Å². The van der Waals surface area contributed by atoms with Gasteiger partial charge in [-0.05, 0) is 47.5 Å². The maximum Gasteiger partial charge on any atom is 0.339 e. The van der Waals surface area contributed by atoms with Gasteiger partial charge in [0.15, 0.2) is 0 Å². The fourth-order valence-corrected chi connectivity index (χ4v) is 3.29. The van der Waals surface area contributed by atoms with Gasteiger partial charge in [-0.25, -0.2) is 4.79 Å². The molecule has 0 heterocycles. The first-order chi connectivity index (χ1) is 15.4. The molecule has 32 heavy (non-hydrogen) atoms. The first-order valence-electron chi connectivity index (χ1n) is 10.4. The van der Waals surface area contributed by atoms with E-state index in [1.807, 2.05) is 68.4 Å². The minimum absolute atomic E-state index is 0.107. The Balaban J connectivity index is 1.47. The lowest BCUT2D eigenvalue weighted by Crippen LogP contribution is -2.19. The Morgan fingerprint density at radius 1 is 0.781 bits per heavy atom. The second-order valence-corrected chi connectivity index (χ2v) is 7.81. The van der Waals surface area contributed by atoms with E-state index in [4.69, 9.17) is 14.2 Å². The number of carboxylic acid groups (broad SMARTS) is 1. The van der Waals surface area contributed by atoms with Crippen LogP contribution in [0.2, 0.25) is 0 Å². The van der Waals surface area contributed by atoms with Crippen molar-refractivity contribution in [2.75, 3.05) is 26.4 Å². The highest BCUT2D eigenvalue weighted by Crippen LogP contribution is 2.34. The van der Waals surface area contributed by atoms with Gasteiger partial charge in [0.2, 0.25) is 0 Å². The molecule has 2 N–H and O–H groups in total. The fraction of sp³-hybridized carbons (Fsp3) is 0.269. The summed E-state index contributed by atoms with van der Waals surface area (Å²) < 4.78 is 16.8. The summed E-state index contributed by atoms with van der Waals surface area (Å²) in [6.45, 7) is 5.86. The Morgan fingerprint density at radius 2 is 1.34 bits per heavy atom. The lowest BCUT2D eigenvalue weighted by Gasteiger charge is -2.27. The molecular weight excluding hydrogens is 408 g/mol. The van der Waals surface area contributed by atoms with Crippen LogP contribution in [0.15, 0.2) is 72.8 Å². The molecule has 3 aromatic carbocycles. The first-order valence-corrected chi connectivity index (χ1v) is 10.4. The lowest BCUT2D eigenvalue weighted by molar-refractivity contribution is 0.0693. The molecule has 168 valence electrons. The van der Waals surface area contributed by atoms with Gasteiger partial charge in [0.1, 0.15) is 36.0 Å². The van der Waals surface area contributed by atoms with Crippen molar-refractivity contribution in [3.63, 3.8) is 0 Å². The number of hydrogen-bond donors (Lipinski definition) is 2. The van der Waals surface area contributed by atoms with E-state index in [1.54, 1.807) is 6.07 Å². The summed E-state index contributed by atoms with van der Waals surface area (Å²) in [7, 11) is 0. The number of hydrogen-bond acceptors (Lipinski definition) is 5. The van der Waals surface area contributed by atoms with E-state index in [-0.39, 0.29) is 11.3 Å². The zero-order chi connectivity index (χ0) is 23.0. The van der Waals surface area contributed by atoms with Gasteiger partial charge in [-0.15, -0.1) is 0 Å². The molecule has 6 nitrogen and oxygen atoms in total. The molecule has 0 saturated heterocycles. The number of aromatic hydroxyl groups is 1. The van der Waals surface area contributed by atoms with Gasteiger partial charge in [0.25, 0.3) is 0 Å². The van der Waals surface area contributed by atoms with Gasteiger partial charge in [-0.1, -0.05) is 50.2 Å². The smallest absolute Gasteiger partial charge is 0.339 e. The Morgan fingerprint density at radius 3 is 1.94 bits per heavy atom. The number of carboxylic acids is 1. The number of benzene rings is 3. The SMILES string of the molecule is CC(C)(c1ccc(OCCOCCOc2ccccc2)cc1)c1ccc(O)c(C(=O)O)c1. The summed E-state index contributed by atoms with van der Waals surface area (Å²) in [5.74, 6) is 0.153. The summed E-state index contributed by atoms with van der Waals surface area (Å²) in [5, 5.41) is 19.0. The van der Waals surface area contributed by atoms with Crippen molar-refractivity contribution in [1.82, 2.24) is 0 Å². The van der Waals surface area contributed by atoms with Crippen molar-refractivity contribution in [3.05, 3.63) is 89.5 Å². The van der Waals surface area contributed by atoms with Crippen molar-refractivity contribution >= 4 is 5.97 Å². The van der Waals surface area contributed by atoms with E-state index >= 15 is 0 Å². The predicted octanol–water partition coefficient (Wildman–Crippen LogP) is 4.89. The number of para-hydroxylation sites is 1. The van der Waals surface area contributed by atoms with E-state index in [1.165, 1.54) is 12.1 Å². The highest BCUT2D eigenvalue weighted by molar-refractivity contribution is 5.91. The summed E-state index contributed by atoms with van der Waals surface area (Å²) in [6.07, 6.45) is 0. The highest BCUT2D eigenvalue weighted by Gasteiger charge is 2.25. The van der Waals surface area contributed by atoms with E-state index in [0.29, 0.717) is 26.4 Å². The normalized spacial score (nSPS) is 11.2. The molecule has 0 aliphatic heterocycles. The van der Waals surface area contributed by atoms with Crippen LogP contribution in [-0.4, -0.2) is 42.6 Å². The molecule has 0 aliphatic carbocycles. The van der Waals surface area contributed by atoms with Crippen molar-refractivity contribution in [1.29, 1.82) is 0 Å². The molecule has 0 atom stereocenters. The van der Waals surface area contributed by atoms with Crippen LogP contribution < -0.4 is 9.47 Å². The van der Waals surface area contributed by atoms with Gasteiger partial charge < -0.3 is 24.4 Å². The average Bonchev–Trinajstić information content (AvgIpc) is 2.79. The van der Waals surface area contributed by atoms with Crippen LogP contribution in [0.25, 0.3) is 0 Å². The molecule has 3 rings (SSSR count). The Bertz CT molecular complexity index is 1010. The Hall–Kier alpha value is -3.51. The molecule has 0 saturated carbocycles. The molecule has 0 bridgehead atoms. The quantitative estimate of drug-likeness (QED) is 0.416. The Kier molecular flexibility index (Phi) is 7.73. The maximum atomic E-state index is 11.3. The molecule has 0 aliphatic rings. The number of ether oxygens (including phenoxy) is 3. The highest BCUT2D eigenvalue weighted by atomic mass is 16.5. The standard InChI is InChI=1S/C26H28O6/c1-26(2,20-10-13-24(27)23(18-20)25(28)29)19-8-11-22(12-9-19)32-17-15-30-14-16-31-21-6-4-3-5-7-21/h3-13,18,27H,14-17H2,1-2H3,(H,28,29). The van der Waals surface area contributed by atoms with Gasteiger partial charge in [-0.3, -0.25) is 0 Å². The van der Waals surface area contributed by atoms with E-state index < -0.39 is 11.4 Å². The van der Waals surface area contributed by atoms with Gasteiger partial charge in [0, 0.05) is 5.41 Å². The Labute approximate surface area is 188 Å². The number of carbonyl (C=O) groups is 1. The number of rotatable bonds is 11. The third-order valence-electron chi connectivity index (χ3n) is 5.26. The van der Waals surface area contributed by atoms with Crippen LogP contribution in [-0.2, 0) is 10.2 Å². The molecule has 0 radical (unpaired) electrons. The summed E-state index contributed by atoms with van der Waals surface area (Å²) in [4.78, 5) is 11.3. The van der Waals surface area contributed by atoms with Crippen molar-refractivity contribution in [3.8, 4) is 17.2 Å². The summed E-state index contributed by atoms with van der Waals surface area (Å²) in [5.41, 5.74) is 1.25. The molecule has 0 aromatic heterocycles. The zero-order valence-electron chi connectivity index (χ0n) is 18.3. The fourth-order valence-electron chi connectivity index (χ4n) is 3.29. The van der Waals surface area contributed by atoms with Crippen molar-refractivity contribution in [2.45, 2.75) is 19.3 Å². The second kappa shape index (κ2) is 10.7. The third kappa shape index (κ3) is 6.02. The van der Waals surface area contributed by atoms with Crippen molar-refractivity contribution < 1.29 is 29.2 Å². The molecule has 0 spiro atoms. The predicted molar refractivity (Wildman–Crippen MR) is 122 cm³/mol. The number of aromatic carboxylic acids is 1. The van der Waals surface area contributed by atoms with E-state index in [0.717, 1.165) is 22.6 Å². The molecule has 0 amide bonds. The second-order valence-electron chi connectivity index (χ2n) is 7.81. The van der Waals surface area contributed by atoms with E-state index in [2.05, 4.69) is 0 Å². The zero-order valence-corrected chi connectivity index (χ0v) is 18.3. The van der Waals surface area contributed by atoms with Gasteiger partial charge in [0.05, 0.1) is 13.2 Å². The molecule has 3 aromatic rings. The molecule has 0 unspecified atom stereocenters. The monoisotopic (exact) mass is 436 g/mol. The molecular formula is C26H28O6. The largest absolute Gasteiger partial charge is 0.507 e. The minimum Gasteiger partial charge on any atom is -0.507 e. The van der Waals surface area contributed by atoms with Crippen molar-refractivity contribution in [2.24, 2.45) is 0 Å². The van der Waals surface area contributed by atoms with E-state index in [9.17, 15) is 15.0 Å². The first kappa shape index (κ1) is 23.2. The van der Waals surface area contributed by atoms with Crippen LogP contribution in [0.1, 0.15) is 35.3 Å². The third-order valence-corrected chi connectivity index (χ3v) is 5.26. The summed E-state index contributed by atoms with van der Waals surface area (Å²) >= 11 is 0. The van der Waals surface area contributed by atoms with Crippen LogP contribution in [0, 0.1) is 0 Å². The summed E-state index contributed by atoms with van der Waals surface area (Å²) in [6, 6.07) is 22.0.